The van der Waals surface area contributed by atoms with Crippen LogP contribution in [0, 0.1) is 5.92 Å². The van der Waals surface area contributed by atoms with E-state index in [1.807, 2.05) is 31.2 Å². The highest BCUT2D eigenvalue weighted by Gasteiger charge is 2.21. The van der Waals surface area contributed by atoms with Crippen LogP contribution in [0.1, 0.15) is 38.3 Å². The minimum absolute atomic E-state index is 0.0864. The Balaban J connectivity index is 1.80. The monoisotopic (exact) mass is 353 g/mol. The molecule has 1 aliphatic rings. The lowest BCUT2D eigenvalue weighted by Gasteiger charge is -2.19. The number of halogens is 1. The number of hydrogen-bond donors (Lipinski definition) is 3. The van der Waals surface area contributed by atoms with Crippen LogP contribution in [0.2, 0.25) is 5.02 Å². The summed E-state index contributed by atoms with van der Waals surface area (Å²) in [6.45, 7) is 6.24. The molecule has 0 aromatic heterocycles. The number of nitrogens with zero attached hydrogens (tertiary/aromatic N) is 1. The van der Waals surface area contributed by atoms with Crippen molar-refractivity contribution in [2.24, 2.45) is 10.9 Å². The van der Waals surface area contributed by atoms with Crippen molar-refractivity contribution < 1.29 is 9.84 Å². The van der Waals surface area contributed by atoms with E-state index < -0.39 is 6.10 Å². The summed E-state index contributed by atoms with van der Waals surface area (Å²) < 4.78 is 5.50. The first-order valence-corrected chi connectivity index (χ1v) is 9.02. The summed E-state index contributed by atoms with van der Waals surface area (Å²) in [6.07, 6.45) is 1.93. The number of aliphatic imine (C=N–C) groups is 1. The second kappa shape index (κ2) is 9.87. The molecule has 1 aromatic rings. The highest BCUT2D eigenvalue weighted by atomic mass is 35.5. The molecule has 1 saturated carbocycles. The number of aliphatic hydroxyl groups is 1. The smallest absolute Gasteiger partial charge is 0.191 e. The summed E-state index contributed by atoms with van der Waals surface area (Å²) in [5.74, 6) is 1.39. The highest BCUT2D eigenvalue weighted by Crippen LogP contribution is 2.28. The predicted molar refractivity (Wildman–Crippen MR) is 98.5 cm³/mol. The third-order valence-electron chi connectivity index (χ3n) is 3.89. The molecule has 0 heterocycles. The fraction of sp³-hybridized carbons (Fsp3) is 0.611. The zero-order valence-electron chi connectivity index (χ0n) is 14.5. The van der Waals surface area contributed by atoms with Crippen LogP contribution < -0.4 is 10.6 Å². The van der Waals surface area contributed by atoms with E-state index in [-0.39, 0.29) is 6.04 Å². The molecule has 2 atom stereocenters. The van der Waals surface area contributed by atoms with E-state index >= 15 is 0 Å². The Morgan fingerprint density at radius 1 is 1.38 bits per heavy atom. The average Bonchev–Trinajstić information content (AvgIpc) is 3.37. The molecule has 2 unspecified atom stereocenters. The van der Waals surface area contributed by atoms with Crippen molar-refractivity contribution >= 4 is 17.6 Å². The van der Waals surface area contributed by atoms with Crippen LogP contribution in [-0.4, -0.2) is 43.5 Å². The standard InChI is InChI=1S/C18H28ClN3O2/c1-3-20-18(21-10-17(23)12-24-11-14-4-5-14)22-13(2)15-6-8-16(19)9-7-15/h6-9,13-14,17,23H,3-5,10-12H2,1-2H3,(H2,20,21,22). The second-order valence-corrected chi connectivity index (χ2v) is 6.71. The van der Waals surface area contributed by atoms with Gasteiger partial charge in [0.05, 0.1) is 25.3 Å². The maximum Gasteiger partial charge on any atom is 0.191 e. The van der Waals surface area contributed by atoms with Gasteiger partial charge in [0.1, 0.15) is 0 Å². The van der Waals surface area contributed by atoms with Crippen molar-refractivity contribution in [3.8, 4) is 0 Å². The van der Waals surface area contributed by atoms with Gasteiger partial charge in [-0.2, -0.15) is 0 Å². The van der Waals surface area contributed by atoms with Crippen LogP contribution in [-0.2, 0) is 4.74 Å². The fourth-order valence-corrected chi connectivity index (χ4v) is 2.39. The van der Waals surface area contributed by atoms with Crippen molar-refractivity contribution in [2.75, 3.05) is 26.3 Å². The lowest BCUT2D eigenvalue weighted by Crippen LogP contribution is -2.39. The van der Waals surface area contributed by atoms with E-state index in [1.54, 1.807) is 0 Å². The number of nitrogens with one attached hydrogen (secondary N) is 2. The first kappa shape index (κ1) is 19.0. The molecule has 0 bridgehead atoms. The number of ether oxygens (including phenoxy) is 1. The predicted octanol–water partition coefficient (Wildman–Crippen LogP) is 2.74. The third kappa shape index (κ3) is 7.07. The Morgan fingerprint density at radius 3 is 2.71 bits per heavy atom. The lowest BCUT2D eigenvalue weighted by atomic mass is 10.1. The van der Waals surface area contributed by atoms with Crippen molar-refractivity contribution in [3.63, 3.8) is 0 Å². The Morgan fingerprint density at radius 2 is 2.08 bits per heavy atom. The molecular formula is C18H28ClN3O2. The molecule has 1 aliphatic carbocycles. The molecule has 134 valence electrons. The Hall–Kier alpha value is -1.30. The van der Waals surface area contributed by atoms with E-state index in [0.29, 0.717) is 25.0 Å². The van der Waals surface area contributed by atoms with Crippen molar-refractivity contribution in [3.05, 3.63) is 34.9 Å². The van der Waals surface area contributed by atoms with Gasteiger partial charge in [0.2, 0.25) is 0 Å². The summed E-state index contributed by atoms with van der Waals surface area (Å²) in [4.78, 5) is 4.45. The van der Waals surface area contributed by atoms with Gasteiger partial charge >= 0.3 is 0 Å². The highest BCUT2D eigenvalue weighted by molar-refractivity contribution is 6.30. The van der Waals surface area contributed by atoms with E-state index in [9.17, 15) is 5.11 Å². The third-order valence-corrected chi connectivity index (χ3v) is 4.14. The van der Waals surface area contributed by atoms with Gasteiger partial charge < -0.3 is 20.5 Å². The number of guanidine groups is 1. The number of hydrogen-bond acceptors (Lipinski definition) is 3. The number of benzene rings is 1. The maximum atomic E-state index is 9.98. The Kier molecular flexibility index (Phi) is 7.82. The van der Waals surface area contributed by atoms with Gasteiger partial charge in [-0.1, -0.05) is 23.7 Å². The molecule has 0 radical (unpaired) electrons. The molecular weight excluding hydrogens is 326 g/mol. The molecule has 0 aliphatic heterocycles. The van der Waals surface area contributed by atoms with Gasteiger partial charge in [0, 0.05) is 18.2 Å². The Bertz CT molecular complexity index is 518. The maximum absolute atomic E-state index is 9.98. The number of rotatable bonds is 9. The topological polar surface area (TPSA) is 65.9 Å². The molecule has 3 N–H and O–H groups in total. The molecule has 24 heavy (non-hydrogen) atoms. The molecule has 5 nitrogen and oxygen atoms in total. The molecule has 1 aromatic carbocycles. The first-order valence-electron chi connectivity index (χ1n) is 8.64. The zero-order chi connectivity index (χ0) is 17.4. The van der Waals surface area contributed by atoms with Crippen molar-refractivity contribution in [2.45, 2.75) is 38.8 Å². The molecule has 0 spiro atoms. The van der Waals surface area contributed by atoms with Crippen molar-refractivity contribution in [1.29, 1.82) is 0 Å². The van der Waals surface area contributed by atoms with E-state index in [4.69, 9.17) is 16.3 Å². The van der Waals surface area contributed by atoms with Crippen LogP contribution in [0.25, 0.3) is 0 Å². The van der Waals surface area contributed by atoms with E-state index in [0.717, 1.165) is 23.7 Å². The minimum atomic E-state index is -0.579. The first-order chi connectivity index (χ1) is 11.6. The summed E-state index contributed by atoms with van der Waals surface area (Å²) in [5, 5.41) is 17.2. The van der Waals surface area contributed by atoms with Crippen LogP contribution in [0.15, 0.2) is 29.3 Å². The molecule has 1 fully saturated rings. The SMILES string of the molecule is CCNC(=NCC(O)COCC1CC1)NC(C)c1ccc(Cl)cc1. The van der Waals surface area contributed by atoms with Crippen molar-refractivity contribution in [1.82, 2.24) is 10.6 Å². The second-order valence-electron chi connectivity index (χ2n) is 6.27. The fourth-order valence-electron chi connectivity index (χ4n) is 2.26. The van der Waals surface area contributed by atoms with E-state index in [1.165, 1.54) is 12.8 Å². The van der Waals surface area contributed by atoms with Crippen LogP contribution in [0.5, 0.6) is 0 Å². The normalized spacial score (nSPS) is 17.4. The van der Waals surface area contributed by atoms with Gasteiger partial charge in [-0.3, -0.25) is 4.99 Å². The minimum Gasteiger partial charge on any atom is -0.389 e. The largest absolute Gasteiger partial charge is 0.389 e. The molecule has 6 heteroatoms. The lowest BCUT2D eigenvalue weighted by molar-refractivity contribution is 0.0368. The Labute approximate surface area is 149 Å². The zero-order valence-corrected chi connectivity index (χ0v) is 15.2. The van der Waals surface area contributed by atoms with E-state index in [2.05, 4.69) is 22.5 Å². The average molecular weight is 354 g/mol. The summed E-state index contributed by atoms with van der Waals surface area (Å²) in [6, 6.07) is 7.82. The summed E-state index contributed by atoms with van der Waals surface area (Å²) in [7, 11) is 0. The van der Waals surface area contributed by atoms with Gasteiger partial charge in [-0.15, -0.1) is 0 Å². The van der Waals surface area contributed by atoms with Gasteiger partial charge in [-0.25, -0.2) is 0 Å². The molecule has 0 amide bonds. The summed E-state index contributed by atoms with van der Waals surface area (Å²) in [5.41, 5.74) is 1.12. The van der Waals surface area contributed by atoms with Crippen LogP contribution in [0.3, 0.4) is 0 Å². The van der Waals surface area contributed by atoms with Gasteiger partial charge in [0.15, 0.2) is 5.96 Å². The molecule has 0 saturated heterocycles. The summed E-state index contributed by atoms with van der Waals surface area (Å²) >= 11 is 5.93. The quantitative estimate of drug-likeness (QED) is 0.472. The van der Waals surface area contributed by atoms with Gasteiger partial charge in [0.25, 0.3) is 0 Å². The molecule has 2 rings (SSSR count). The number of aliphatic hydroxyl groups excluding tert-OH is 1. The van der Waals surface area contributed by atoms with Gasteiger partial charge in [-0.05, 0) is 50.3 Å². The van der Waals surface area contributed by atoms with Crippen LogP contribution >= 0.6 is 11.6 Å². The van der Waals surface area contributed by atoms with Crippen LogP contribution in [0.4, 0.5) is 0 Å².